The second-order valence-corrected chi connectivity index (χ2v) is 7.82. The minimum absolute atomic E-state index is 0.0769. The fourth-order valence-corrected chi connectivity index (χ4v) is 4.26. The molecule has 0 bridgehead atoms. The number of nitrogens with zero attached hydrogens (tertiary/aromatic N) is 2. The number of rotatable bonds is 12. The van der Waals surface area contributed by atoms with Gasteiger partial charge in [-0.1, -0.05) is 12.1 Å². The average molecular weight is 420 g/mol. The fraction of sp³-hybridized carbons (Fsp3) is 0.524. The maximum absolute atomic E-state index is 12.8. The van der Waals surface area contributed by atoms with Crippen molar-refractivity contribution in [3.8, 4) is 5.75 Å². The second-order valence-electron chi connectivity index (χ2n) is 6.93. The number of hydrogen-bond acceptors (Lipinski definition) is 8. The summed E-state index contributed by atoms with van der Waals surface area (Å²) in [4.78, 5) is 19.7. The van der Waals surface area contributed by atoms with Crippen LogP contribution in [0.3, 0.4) is 0 Å². The normalized spacial score (nSPS) is 17.0. The van der Waals surface area contributed by atoms with Gasteiger partial charge >= 0.3 is 0 Å². The van der Waals surface area contributed by atoms with Crippen molar-refractivity contribution in [2.24, 2.45) is 5.73 Å². The van der Waals surface area contributed by atoms with Crippen molar-refractivity contribution >= 4 is 17.1 Å². The summed E-state index contributed by atoms with van der Waals surface area (Å²) in [5.74, 6) is 0.566. The van der Waals surface area contributed by atoms with Crippen molar-refractivity contribution in [3.63, 3.8) is 0 Å². The lowest BCUT2D eigenvalue weighted by Gasteiger charge is -2.16. The summed E-state index contributed by atoms with van der Waals surface area (Å²) in [5.41, 5.74) is 6.43. The van der Waals surface area contributed by atoms with Gasteiger partial charge in [0.05, 0.1) is 32.5 Å². The van der Waals surface area contributed by atoms with E-state index < -0.39 is 0 Å². The van der Waals surface area contributed by atoms with Gasteiger partial charge in [-0.2, -0.15) is 0 Å². The molecule has 2 aromatic rings. The van der Waals surface area contributed by atoms with Gasteiger partial charge in [-0.05, 0) is 38.6 Å². The molecule has 1 aliphatic heterocycles. The number of aromatic nitrogens is 1. The summed E-state index contributed by atoms with van der Waals surface area (Å²) >= 11 is 1.57. The summed E-state index contributed by atoms with van der Waals surface area (Å²) < 4.78 is 16.4. The molecule has 0 saturated carbocycles. The van der Waals surface area contributed by atoms with E-state index in [0.717, 1.165) is 18.0 Å². The molecular weight excluding hydrogens is 390 g/mol. The van der Waals surface area contributed by atoms with Crippen LogP contribution in [0.15, 0.2) is 29.6 Å². The standard InChI is InChI=1S/C21H29N3O4S/c1-24-8-3-6-19(24)21-23-18(15-29-21)20(25)16-4-2-5-17(14-16)28-13-12-27-11-10-26-9-7-22/h2,4-5,14-15,19H,3,6-13,22H2,1H3/t19-/m0/s1. The topological polar surface area (TPSA) is 86.9 Å². The lowest BCUT2D eigenvalue weighted by molar-refractivity contribution is 0.0388. The van der Waals surface area contributed by atoms with Gasteiger partial charge in [0, 0.05) is 17.5 Å². The SMILES string of the molecule is CN1CCC[C@H]1c1nc(C(=O)c2cccc(OCCOCCOCCN)c2)cs1. The predicted octanol–water partition coefficient (Wildman–Crippen LogP) is 2.51. The Bertz CT molecular complexity index is 783. The Labute approximate surface area is 175 Å². The van der Waals surface area contributed by atoms with E-state index in [0.29, 0.717) is 62.6 Å². The molecule has 0 amide bonds. The molecule has 3 rings (SSSR count). The first-order valence-corrected chi connectivity index (χ1v) is 10.9. The quantitative estimate of drug-likeness (QED) is 0.418. The van der Waals surface area contributed by atoms with Gasteiger partial charge in [-0.3, -0.25) is 9.69 Å². The van der Waals surface area contributed by atoms with Crippen LogP contribution in [-0.4, -0.2) is 68.8 Å². The first kappa shape index (κ1) is 21.9. The van der Waals surface area contributed by atoms with Crippen LogP contribution in [0.2, 0.25) is 0 Å². The molecule has 2 heterocycles. The van der Waals surface area contributed by atoms with Crippen LogP contribution in [0.4, 0.5) is 0 Å². The predicted molar refractivity (Wildman–Crippen MR) is 113 cm³/mol. The first-order chi connectivity index (χ1) is 14.2. The zero-order valence-electron chi connectivity index (χ0n) is 16.8. The Morgan fingerprint density at radius 3 is 2.79 bits per heavy atom. The van der Waals surface area contributed by atoms with Crippen molar-refractivity contribution in [3.05, 3.63) is 45.9 Å². The van der Waals surface area contributed by atoms with Crippen LogP contribution in [0, 0.1) is 0 Å². The highest BCUT2D eigenvalue weighted by atomic mass is 32.1. The number of carbonyl (C=O) groups excluding carboxylic acids is 1. The molecule has 1 fully saturated rings. The van der Waals surface area contributed by atoms with E-state index in [-0.39, 0.29) is 5.78 Å². The fourth-order valence-electron chi connectivity index (χ4n) is 3.27. The highest BCUT2D eigenvalue weighted by Crippen LogP contribution is 2.32. The summed E-state index contributed by atoms with van der Waals surface area (Å²) in [5, 5.41) is 2.88. The third kappa shape index (κ3) is 6.32. The number of thiazole rings is 1. The van der Waals surface area contributed by atoms with E-state index in [9.17, 15) is 4.79 Å². The van der Waals surface area contributed by atoms with Crippen molar-refractivity contribution in [2.45, 2.75) is 18.9 Å². The maximum Gasteiger partial charge on any atom is 0.212 e. The summed E-state index contributed by atoms with van der Waals surface area (Å²) in [7, 11) is 2.11. The summed E-state index contributed by atoms with van der Waals surface area (Å²) in [6, 6.07) is 7.54. The molecular formula is C21H29N3O4S. The third-order valence-electron chi connectivity index (χ3n) is 4.79. The van der Waals surface area contributed by atoms with E-state index >= 15 is 0 Å². The lowest BCUT2D eigenvalue weighted by atomic mass is 10.1. The number of hydrogen-bond donors (Lipinski definition) is 1. The molecule has 8 heteroatoms. The maximum atomic E-state index is 12.8. The zero-order chi connectivity index (χ0) is 20.5. The molecule has 29 heavy (non-hydrogen) atoms. The second kappa shape index (κ2) is 11.4. The van der Waals surface area contributed by atoms with Crippen LogP contribution in [0.5, 0.6) is 5.75 Å². The summed E-state index contributed by atoms with van der Waals surface area (Å²) in [6.45, 7) is 4.02. The molecule has 7 nitrogen and oxygen atoms in total. The number of ether oxygens (including phenoxy) is 3. The van der Waals surface area contributed by atoms with Crippen LogP contribution < -0.4 is 10.5 Å². The molecule has 0 radical (unpaired) electrons. The number of benzene rings is 1. The average Bonchev–Trinajstić information content (AvgIpc) is 3.38. The minimum atomic E-state index is -0.0769. The highest BCUT2D eigenvalue weighted by Gasteiger charge is 2.26. The molecule has 0 unspecified atom stereocenters. The van der Waals surface area contributed by atoms with Gasteiger partial charge in [0.25, 0.3) is 0 Å². The van der Waals surface area contributed by atoms with Gasteiger partial charge in [0.1, 0.15) is 23.1 Å². The minimum Gasteiger partial charge on any atom is -0.491 e. The molecule has 0 spiro atoms. The lowest BCUT2D eigenvalue weighted by Crippen LogP contribution is -2.17. The number of ketones is 1. The molecule has 1 atom stereocenters. The largest absolute Gasteiger partial charge is 0.491 e. The van der Waals surface area contributed by atoms with Gasteiger partial charge in [-0.25, -0.2) is 4.98 Å². The molecule has 1 saturated heterocycles. The van der Waals surface area contributed by atoms with Gasteiger partial charge in [-0.15, -0.1) is 11.3 Å². The third-order valence-corrected chi connectivity index (χ3v) is 5.73. The molecule has 158 valence electrons. The van der Waals surface area contributed by atoms with Gasteiger partial charge in [0.2, 0.25) is 5.78 Å². The Kier molecular flexibility index (Phi) is 8.57. The van der Waals surface area contributed by atoms with Crippen molar-refractivity contribution in [1.82, 2.24) is 9.88 Å². The molecule has 0 aliphatic carbocycles. The molecule has 1 aromatic carbocycles. The van der Waals surface area contributed by atoms with Crippen molar-refractivity contribution in [2.75, 3.05) is 53.2 Å². The van der Waals surface area contributed by atoms with Crippen LogP contribution >= 0.6 is 11.3 Å². The monoisotopic (exact) mass is 419 g/mol. The van der Waals surface area contributed by atoms with Gasteiger partial charge < -0.3 is 19.9 Å². The van der Waals surface area contributed by atoms with Gasteiger partial charge in [0.15, 0.2) is 0 Å². The van der Waals surface area contributed by atoms with Crippen LogP contribution in [0.25, 0.3) is 0 Å². The first-order valence-electron chi connectivity index (χ1n) is 9.98. The van der Waals surface area contributed by atoms with E-state index in [4.69, 9.17) is 19.9 Å². The summed E-state index contributed by atoms with van der Waals surface area (Å²) in [6.07, 6.45) is 2.27. The molecule has 2 N–H and O–H groups in total. The van der Waals surface area contributed by atoms with Crippen molar-refractivity contribution in [1.29, 1.82) is 0 Å². The number of nitrogens with two attached hydrogens (primary N) is 1. The van der Waals surface area contributed by atoms with E-state index in [1.54, 1.807) is 23.5 Å². The zero-order valence-corrected chi connectivity index (χ0v) is 17.7. The van der Waals surface area contributed by atoms with Crippen LogP contribution in [-0.2, 0) is 9.47 Å². The molecule has 1 aliphatic rings. The number of carbonyl (C=O) groups is 1. The van der Waals surface area contributed by atoms with Crippen LogP contribution in [0.1, 0.15) is 39.9 Å². The molecule has 1 aromatic heterocycles. The van der Waals surface area contributed by atoms with Crippen molar-refractivity contribution < 1.29 is 19.0 Å². The van der Waals surface area contributed by atoms with E-state index in [2.05, 4.69) is 16.9 Å². The van der Waals surface area contributed by atoms with E-state index in [1.807, 2.05) is 17.5 Å². The Hall–Kier alpha value is -1.84. The highest BCUT2D eigenvalue weighted by molar-refractivity contribution is 7.10. The number of likely N-dealkylation sites (tertiary alicyclic amines) is 1. The smallest absolute Gasteiger partial charge is 0.212 e. The Morgan fingerprint density at radius 2 is 2.03 bits per heavy atom. The Balaban J connectivity index is 1.49. The van der Waals surface area contributed by atoms with E-state index in [1.165, 1.54) is 6.42 Å². The Morgan fingerprint density at radius 1 is 1.24 bits per heavy atom.